The molecule has 1 rings (SSSR count). The third-order valence-electron chi connectivity index (χ3n) is 3.96. The van der Waals surface area contributed by atoms with Crippen molar-refractivity contribution in [2.75, 3.05) is 27.2 Å². The number of guanidine groups is 1. The Kier molecular flexibility index (Phi) is 11.8. The highest BCUT2D eigenvalue weighted by Crippen LogP contribution is 2.30. The maximum atomic E-state index is 11.0. The van der Waals surface area contributed by atoms with Crippen molar-refractivity contribution in [3.63, 3.8) is 0 Å². The summed E-state index contributed by atoms with van der Waals surface area (Å²) in [6.07, 6.45) is 7.04. The first kappa shape index (κ1) is 20.5. The van der Waals surface area contributed by atoms with Gasteiger partial charge in [-0.2, -0.15) is 0 Å². The fourth-order valence-corrected chi connectivity index (χ4v) is 2.82. The molecule has 0 saturated heterocycles. The number of halogens is 1. The van der Waals surface area contributed by atoms with Crippen LogP contribution in [0.15, 0.2) is 4.99 Å². The number of hydrogen-bond acceptors (Lipinski definition) is 3. The van der Waals surface area contributed by atoms with E-state index in [0.717, 1.165) is 24.3 Å². The summed E-state index contributed by atoms with van der Waals surface area (Å²) in [7, 11) is 3.15. The maximum absolute atomic E-state index is 11.0. The van der Waals surface area contributed by atoms with E-state index in [9.17, 15) is 4.79 Å². The quantitative estimate of drug-likeness (QED) is 0.305. The highest BCUT2D eigenvalue weighted by molar-refractivity contribution is 14.0. The third-order valence-corrected chi connectivity index (χ3v) is 3.96. The van der Waals surface area contributed by atoms with Crippen LogP contribution < -0.4 is 10.6 Å². The first-order chi connectivity index (χ1) is 9.65. The molecule has 1 saturated carbocycles. The molecule has 21 heavy (non-hydrogen) atoms. The van der Waals surface area contributed by atoms with E-state index in [0.29, 0.717) is 13.0 Å². The number of methoxy groups -OCH3 is 1. The zero-order chi connectivity index (χ0) is 14.8. The fraction of sp³-hybridized carbons (Fsp3) is 0.867. The molecule has 0 aromatic rings. The summed E-state index contributed by atoms with van der Waals surface area (Å²) < 4.78 is 4.60. The number of hydrogen-bond donors (Lipinski definition) is 2. The van der Waals surface area contributed by atoms with Gasteiger partial charge < -0.3 is 15.4 Å². The lowest BCUT2D eigenvalue weighted by Gasteiger charge is -2.26. The summed E-state index contributed by atoms with van der Waals surface area (Å²) in [4.78, 5) is 15.2. The van der Waals surface area contributed by atoms with Crippen LogP contribution in [0.5, 0.6) is 0 Å². The van der Waals surface area contributed by atoms with Gasteiger partial charge >= 0.3 is 5.97 Å². The molecule has 1 aliphatic carbocycles. The predicted octanol–water partition coefficient (Wildman–Crippen LogP) is 2.55. The summed E-state index contributed by atoms with van der Waals surface area (Å²) in [5.41, 5.74) is 0. The standard InChI is InChI=1S/C15H29N3O2.HI/c1-12-5-4-6-13(11-12)7-9-17-15(16-2)18-10-8-14(19)20-3;/h12-13H,4-11H2,1-3H3,(H2,16,17,18);1H. The molecule has 0 spiro atoms. The van der Waals surface area contributed by atoms with Crippen molar-refractivity contribution in [1.29, 1.82) is 0 Å². The van der Waals surface area contributed by atoms with Crippen molar-refractivity contribution in [2.24, 2.45) is 16.8 Å². The molecule has 124 valence electrons. The lowest BCUT2D eigenvalue weighted by molar-refractivity contribution is -0.140. The molecule has 0 aliphatic heterocycles. The second-order valence-electron chi connectivity index (χ2n) is 5.68. The van der Waals surface area contributed by atoms with Gasteiger partial charge in [0.2, 0.25) is 0 Å². The van der Waals surface area contributed by atoms with Gasteiger partial charge in [0.25, 0.3) is 0 Å². The largest absolute Gasteiger partial charge is 0.469 e. The van der Waals surface area contributed by atoms with Gasteiger partial charge in [-0.15, -0.1) is 24.0 Å². The molecular formula is C15H30IN3O2. The molecular weight excluding hydrogens is 381 g/mol. The third kappa shape index (κ3) is 9.16. The lowest BCUT2D eigenvalue weighted by atomic mass is 9.81. The molecule has 0 radical (unpaired) electrons. The molecule has 1 fully saturated rings. The van der Waals surface area contributed by atoms with E-state index in [1.165, 1.54) is 39.2 Å². The molecule has 0 heterocycles. The minimum atomic E-state index is -0.204. The van der Waals surface area contributed by atoms with Crippen molar-refractivity contribution in [2.45, 2.75) is 45.4 Å². The maximum Gasteiger partial charge on any atom is 0.307 e. The fourth-order valence-electron chi connectivity index (χ4n) is 2.82. The normalized spacial score (nSPS) is 22.1. The van der Waals surface area contributed by atoms with Gasteiger partial charge in [-0.1, -0.05) is 26.2 Å². The van der Waals surface area contributed by atoms with Crippen LogP contribution in [-0.4, -0.2) is 39.2 Å². The van der Waals surface area contributed by atoms with Gasteiger partial charge in [-0.3, -0.25) is 9.79 Å². The first-order valence-corrected chi connectivity index (χ1v) is 7.67. The number of carbonyl (C=O) groups is 1. The van der Waals surface area contributed by atoms with Crippen molar-refractivity contribution in [3.05, 3.63) is 0 Å². The molecule has 2 unspecified atom stereocenters. The minimum absolute atomic E-state index is 0. The Labute approximate surface area is 145 Å². The van der Waals surface area contributed by atoms with Gasteiger partial charge in [0.05, 0.1) is 13.5 Å². The average molecular weight is 411 g/mol. The van der Waals surface area contributed by atoms with E-state index in [1.807, 2.05) is 0 Å². The molecule has 0 aromatic carbocycles. The van der Waals surface area contributed by atoms with E-state index >= 15 is 0 Å². The second kappa shape index (κ2) is 12.1. The average Bonchev–Trinajstić information content (AvgIpc) is 2.45. The Hall–Kier alpha value is -0.530. The van der Waals surface area contributed by atoms with E-state index in [4.69, 9.17) is 0 Å². The molecule has 0 amide bonds. The molecule has 0 aromatic heterocycles. The van der Waals surface area contributed by atoms with E-state index in [2.05, 4.69) is 27.3 Å². The monoisotopic (exact) mass is 411 g/mol. The van der Waals surface area contributed by atoms with Crippen LogP contribution in [0.3, 0.4) is 0 Å². The summed E-state index contributed by atoms with van der Waals surface area (Å²) >= 11 is 0. The van der Waals surface area contributed by atoms with E-state index in [1.54, 1.807) is 7.05 Å². The van der Waals surface area contributed by atoms with Gasteiger partial charge in [0.15, 0.2) is 5.96 Å². The Morgan fingerprint density at radius 3 is 2.62 bits per heavy atom. The van der Waals surface area contributed by atoms with Crippen LogP contribution in [0.1, 0.15) is 45.4 Å². The highest BCUT2D eigenvalue weighted by Gasteiger charge is 2.18. The summed E-state index contributed by atoms with van der Waals surface area (Å²) in [5.74, 6) is 2.28. The Balaban J connectivity index is 0.00000400. The zero-order valence-electron chi connectivity index (χ0n) is 13.5. The van der Waals surface area contributed by atoms with Crippen LogP contribution in [0.25, 0.3) is 0 Å². The van der Waals surface area contributed by atoms with Crippen molar-refractivity contribution >= 4 is 35.9 Å². The predicted molar refractivity (Wildman–Crippen MR) is 97.2 cm³/mol. The molecule has 6 heteroatoms. The smallest absolute Gasteiger partial charge is 0.307 e. The number of esters is 1. The minimum Gasteiger partial charge on any atom is -0.469 e. The van der Waals surface area contributed by atoms with Gasteiger partial charge in [-0.05, 0) is 24.7 Å². The van der Waals surface area contributed by atoms with Gasteiger partial charge in [-0.25, -0.2) is 0 Å². The number of carbonyl (C=O) groups excluding carboxylic acids is 1. The van der Waals surface area contributed by atoms with Crippen LogP contribution >= 0.6 is 24.0 Å². The Morgan fingerprint density at radius 2 is 2.00 bits per heavy atom. The molecule has 2 N–H and O–H groups in total. The van der Waals surface area contributed by atoms with Crippen LogP contribution in [0, 0.1) is 11.8 Å². The molecule has 0 bridgehead atoms. The molecule has 2 atom stereocenters. The lowest BCUT2D eigenvalue weighted by Crippen LogP contribution is -2.39. The first-order valence-electron chi connectivity index (χ1n) is 7.67. The van der Waals surface area contributed by atoms with Crippen LogP contribution in [0.4, 0.5) is 0 Å². The molecule has 5 nitrogen and oxygen atoms in total. The van der Waals surface area contributed by atoms with Crippen molar-refractivity contribution in [3.8, 4) is 0 Å². The van der Waals surface area contributed by atoms with Gasteiger partial charge in [0, 0.05) is 20.1 Å². The van der Waals surface area contributed by atoms with Crippen molar-refractivity contribution < 1.29 is 9.53 Å². The van der Waals surface area contributed by atoms with Crippen LogP contribution in [0.2, 0.25) is 0 Å². The summed E-state index contributed by atoms with van der Waals surface area (Å²) in [6.45, 7) is 3.84. The second-order valence-corrected chi connectivity index (χ2v) is 5.68. The van der Waals surface area contributed by atoms with Crippen LogP contribution in [-0.2, 0) is 9.53 Å². The number of nitrogens with zero attached hydrogens (tertiary/aromatic N) is 1. The Morgan fingerprint density at radius 1 is 1.29 bits per heavy atom. The number of nitrogens with one attached hydrogen (secondary N) is 2. The summed E-state index contributed by atoms with van der Waals surface area (Å²) in [5, 5.41) is 6.43. The zero-order valence-corrected chi connectivity index (χ0v) is 15.8. The number of aliphatic imine (C=N–C) groups is 1. The summed E-state index contributed by atoms with van der Waals surface area (Å²) in [6, 6.07) is 0. The number of ether oxygens (including phenoxy) is 1. The van der Waals surface area contributed by atoms with E-state index < -0.39 is 0 Å². The van der Waals surface area contributed by atoms with E-state index in [-0.39, 0.29) is 29.9 Å². The van der Waals surface area contributed by atoms with Crippen molar-refractivity contribution in [1.82, 2.24) is 10.6 Å². The highest BCUT2D eigenvalue weighted by atomic mass is 127. The number of rotatable bonds is 6. The SMILES string of the molecule is CN=C(NCCC(=O)OC)NCCC1CCCC(C)C1.I. The topological polar surface area (TPSA) is 62.7 Å². The van der Waals surface area contributed by atoms with Gasteiger partial charge in [0.1, 0.15) is 0 Å². The molecule has 1 aliphatic rings. The Bertz CT molecular complexity index is 324.